The van der Waals surface area contributed by atoms with Crippen molar-refractivity contribution >= 4 is 22.8 Å². The lowest BCUT2D eigenvalue weighted by Gasteiger charge is -2.24. The van der Waals surface area contributed by atoms with Gasteiger partial charge in [0.05, 0.1) is 23.1 Å². The van der Waals surface area contributed by atoms with Crippen LogP contribution in [0.3, 0.4) is 0 Å². The normalized spacial score (nSPS) is 19.1. The van der Waals surface area contributed by atoms with E-state index >= 15 is 0 Å². The predicted octanol–water partition coefficient (Wildman–Crippen LogP) is 4.71. The molecule has 5 N–H and O–H groups in total. The van der Waals surface area contributed by atoms with Crippen LogP contribution in [-0.4, -0.2) is 20.6 Å². The summed E-state index contributed by atoms with van der Waals surface area (Å²) in [5.74, 6) is 0.888. The number of benzene rings is 2. The Morgan fingerprint density at radius 3 is 2.27 bits per heavy atom. The summed E-state index contributed by atoms with van der Waals surface area (Å²) in [5, 5.41) is 8.21. The molecule has 152 valence electrons. The maximum absolute atomic E-state index is 6.46. The minimum Gasteiger partial charge on any atom is -0.382 e. The van der Waals surface area contributed by atoms with E-state index in [4.69, 9.17) is 16.5 Å². The molecule has 0 spiro atoms. The minimum atomic E-state index is 0.312. The first-order chi connectivity index (χ1) is 14.7. The van der Waals surface area contributed by atoms with Gasteiger partial charge in [0.15, 0.2) is 11.5 Å². The molecular formula is C24H26N6. The SMILES string of the molecule is Nc1nn2cc([C@H]3CC[C@H](N)CC3)nc2c(Nc2ccccc2)c1-c1ccccc1. The average molecular weight is 399 g/mol. The molecule has 2 aromatic carbocycles. The molecule has 5 rings (SSSR count). The Labute approximate surface area is 175 Å². The molecule has 0 bridgehead atoms. The number of hydrogen-bond acceptors (Lipinski definition) is 5. The number of nitrogens with one attached hydrogen (secondary N) is 1. The maximum Gasteiger partial charge on any atom is 0.178 e. The number of aromatic nitrogens is 3. The molecule has 4 aromatic rings. The topological polar surface area (TPSA) is 94.3 Å². The summed E-state index contributed by atoms with van der Waals surface area (Å²) >= 11 is 0. The van der Waals surface area contributed by atoms with Gasteiger partial charge < -0.3 is 16.8 Å². The van der Waals surface area contributed by atoms with E-state index in [0.29, 0.717) is 17.8 Å². The van der Waals surface area contributed by atoms with Gasteiger partial charge in [0.25, 0.3) is 0 Å². The van der Waals surface area contributed by atoms with Gasteiger partial charge >= 0.3 is 0 Å². The van der Waals surface area contributed by atoms with E-state index < -0.39 is 0 Å². The van der Waals surface area contributed by atoms with E-state index in [0.717, 1.165) is 59.5 Å². The third-order valence-electron chi connectivity index (χ3n) is 5.95. The fourth-order valence-electron chi connectivity index (χ4n) is 4.33. The van der Waals surface area contributed by atoms with Crippen LogP contribution in [0.25, 0.3) is 16.8 Å². The van der Waals surface area contributed by atoms with E-state index in [2.05, 4.69) is 10.4 Å². The first-order valence-electron chi connectivity index (χ1n) is 10.5. The maximum atomic E-state index is 6.46. The molecule has 0 saturated heterocycles. The van der Waals surface area contributed by atoms with Crippen LogP contribution in [0.1, 0.15) is 37.3 Å². The van der Waals surface area contributed by atoms with Crippen LogP contribution in [0.2, 0.25) is 0 Å². The summed E-state index contributed by atoms with van der Waals surface area (Å²) in [7, 11) is 0. The van der Waals surface area contributed by atoms with Gasteiger partial charge in [-0.25, -0.2) is 9.50 Å². The smallest absolute Gasteiger partial charge is 0.178 e. The molecule has 6 heteroatoms. The Kier molecular flexibility index (Phi) is 4.85. The highest BCUT2D eigenvalue weighted by Crippen LogP contribution is 2.38. The van der Waals surface area contributed by atoms with Crippen molar-refractivity contribution in [1.82, 2.24) is 14.6 Å². The van der Waals surface area contributed by atoms with Gasteiger partial charge in [-0.3, -0.25) is 0 Å². The zero-order valence-corrected chi connectivity index (χ0v) is 16.8. The Bertz CT molecular complexity index is 1140. The quantitative estimate of drug-likeness (QED) is 0.463. The molecular weight excluding hydrogens is 372 g/mol. The number of nitrogen functional groups attached to an aromatic ring is 1. The predicted molar refractivity (Wildman–Crippen MR) is 122 cm³/mol. The number of anilines is 3. The summed E-state index contributed by atoms with van der Waals surface area (Å²) in [5.41, 5.74) is 18.2. The lowest BCUT2D eigenvalue weighted by Crippen LogP contribution is -2.25. The fraction of sp³-hybridized carbons (Fsp3) is 0.250. The molecule has 2 aromatic heterocycles. The Morgan fingerprint density at radius 2 is 1.57 bits per heavy atom. The van der Waals surface area contributed by atoms with E-state index in [1.807, 2.05) is 71.4 Å². The second kappa shape index (κ2) is 7.80. The molecule has 2 heterocycles. The van der Waals surface area contributed by atoms with Crippen molar-refractivity contribution in [2.24, 2.45) is 5.73 Å². The van der Waals surface area contributed by atoms with Gasteiger partial charge in [0.1, 0.15) is 0 Å². The number of nitrogens with two attached hydrogens (primary N) is 2. The van der Waals surface area contributed by atoms with Gasteiger partial charge in [0.2, 0.25) is 0 Å². The Balaban J connectivity index is 1.66. The summed E-state index contributed by atoms with van der Waals surface area (Å²) < 4.78 is 1.82. The van der Waals surface area contributed by atoms with Crippen LogP contribution in [-0.2, 0) is 0 Å². The fourth-order valence-corrected chi connectivity index (χ4v) is 4.33. The highest BCUT2D eigenvalue weighted by Gasteiger charge is 2.24. The molecule has 1 fully saturated rings. The largest absolute Gasteiger partial charge is 0.382 e. The van der Waals surface area contributed by atoms with E-state index in [1.165, 1.54) is 0 Å². The molecule has 0 radical (unpaired) electrons. The molecule has 0 atom stereocenters. The molecule has 1 aliphatic carbocycles. The van der Waals surface area contributed by atoms with Crippen molar-refractivity contribution in [1.29, 1.82) is 0 Å². The average Bonchev–Trinajstić information content (AvgIpc) is 3.19. The van der Waals surface area contributed by atoms with Crippen LogP contribution < -0.4 is 16.8 Å². The lowest BCUT2D eigenvalue weighted by atomic mass is 9.85. The number of para-hydroxylation sites is 1. The number of imidazole rings is 1. The highest BCUT2D eigenvalue weighted by atomic mass is 15.3. The number of hydrogen-bond donors (Lipinski definition) is 3. The van der Waals surface area contributed by atoms with Gasteiger partial charge in [-0.2, -0.15) is 0 Å². The summed E-state index contributed by atoms with van der Waals surface area (Å²) in [6.07, 6.45) is 6.23. The Morgan fingerprint density at radius 1 is 0.900 bits per heavy atom. The lowest BCUT2D eigenvalue weighted by molar-refractivity contribution is 0.391. The van der Waals surface area contributed by atoms with E-state index in [9.17, 15) is 0 Å². The van der Waals surface area contributed by atoms with Crippen LogP contribution in [0.15, 0.2) is 66.9 Å². The van der Waals surface area contributed by atoms with Crippen molar-refractivity contribution < 1.29 is 0 Å². The second-order valence-corrected chi connectivity index (χ2v) is 8.04. The minimum absolute atomic E-state index is 0.312. The van der Waals surface area contributed by atoms with Crippen molar-refractivity contribution in [3.05, 3.63) is 72.6 Å². The molecule has 1 aliphatic rings. The van der Waals surface area contributed by atoms with Gasteiger partial charge in [-0.1, -0.05) is 48.5 Å². The third-order valence-corrected chi connectivity index (χ3v) is 5.95. The summed E-state index contributed by atoms with van der Waals surface area (Å²) in [4.78, 5) is 5.03. The number of fused-ring (bicyclic) bond motifs is 1. The zero-order chi connectivity index (χ0) is 20.5. The second-order valence-electron chi connectivity index (χ2n) is 8.04. The van der Waals surface area contributed by atoms with Crippen LogP contribution in [0, 0.1) is 0 Å². The molecule has 6 nitrogen and oxygen atoms in total. The summed E-state index contributed by atoms with van der Waals surface area (Å²) in [6.45, 7) is 0. The number of nitrogens with zero attached hydrogens (tertiary/aromatic N) is 3. The Hall–Kier alpha value is -3.38. The van der Waals surface area contributed by atoms with Crippen LogP contribution in [0.4, 0.5) is 17.2 Å². The highest BCUT2D eigenvalue weighted by molar-refractivity contribution is 5.94. The number of rotatable bonds is 4. The van der Waals surface area contributed by atoms with Crippen LogP contribution >= 0.6 is 0 Å². The molecule has 0 aliphatic heterocycles. The molecule has 0 amide bonds. The third kappa shape index (κ3) is 3.50. The first kappa shape index (κ1) is 18.6. The summed E-state index contributed by atoms with van der Waals surface area (Å²) in [6, 6.07) is 20.5. The monoisotopic (exact) mass is 398 g/mol. The van der Waals surface area contributed by atoms with Crippen molar-refractivity contribution in [3.63, 3.8) is 0 Å². The van der Waals surface area contributed by atoms with Crippen molar-refractivity contribution in [3.8, 4) is 11.1 Å². The van der Waals surface area contributed by atoms with E-state index in [1.54, 1.807) is 0 Å². The first-order valence-corrected chi connectivity index (χ1v) is 10.5. The van der Waals surface area contributed by atoms with Gasteiger partial charge in [0, 0.05) is 17.6 Å². The van der Waals surface area contributed by atoms with Crippen molar-refractivity contribution in [2.75, 3.05) is 11.1 Å². The van der Waals surface area contributed by atoms with E-state index in [-0.39, 0.29) is 0 Å². The van der Waals surface area contributed by atoms with Gasteiger partial charge in [-0.15, -0.1) is 5.10 Å². The van der Waals surface area contributed by atoms with Crippen molar-refractivity contribution in [2.45, 2.75) is 37.6 Å². The molecule has 30 heavy (non-hydrogen) atoms. The zero-order valence-electron chi connectivity index (χ0n) is 16.8. The standard InChI is InChI=1S/C24H26N6/c25-18-13-11-16(12-14-18)20-15-30-24(28-20)22(27-19-9-5-2-6-10-19)21(23(26)29-30)17-7-3-1-4-8-17/h1-10,15-16,18,27H,11-14,25H2,(H2,26,29)/t16-,18-. The van der Waals surface area contributed by atoms with Gasteiger partial charge in [-0.05, 0) is 43.4 Å². The molecule has 1 saturated carbocycles. The molecule has 0 unspecified atom stereocenters. The van der Waals surface area contributed by atoms with Crippen LogP contribution in [0.5, 0.6) is 0 Å².